The van der Waals surface area contributed by atoms with Gasteiger partial charge >= 0.3 is 0 Å². The largest absolute Gasteiger partial charge is 0.379 e. The van der Waals surface area contributed by atoms with Crippen LogP contribution >= 0.6 is 0 Å². The minimum Gasteiger partial charge on any atom is -0.379 e. The molecule has 2 fully saturated rings. The molecule has 0 aromatic rings. The maximum atomic E-state index is 5.47. The minimum atomic E-state index is 0.683. The monoisotopic (exact) mass is 240 g/mol. The maximum Gasteiger partial charge on any atom is 0.0594 e. The highest BCUT2D eigenvalue weighted by Gasteiger charge is 2.39. The molecule has 0 aromatic heterocycles. The first kappa shape index (κ1) is 13.3. The van der Waals surface area contributed by atoms with Gasteiger partial charge in [-0.15, -0.1) is 0 Å². The molecule has 2 unspecified atom stereocenters. The zero-order chi connectivity index (χ0) is 12.4. The second-order valence-electron chi connectivity index (χ2n) is 6.17. The molecular weight excluding hydrogens is 212 g/mol. The lowest BCUT2D eigenvalue weighted by atomic mass is 9.90. The van der Waals surface area contributed by atoms with Crippen LogP contribution in [0.15, 0.2) is 0 Å². The predicted octanol–water partition coefficient (Wildman–Crippen LogP) is 1.68. The number of nitrogens with zero attached hydrogens (tertiary/aromatic N) is 2. The van der Waals surface area contributed by atoms with Gasteiger partial charge in [-0.1, -0.05) is 13.8 Å². The maximum absolute atomic E-state index is 5.47. The van der Waals surface area contributed by atoms with Crippen LogP contribution in [-0.4, -0.2) is 61.3 Å². The van der Waals surface area contributed by atoms with Crippen molar-refractivity contribution >= 4 is 0 Å². The Morgan fingerprint density at radius 1 is 1.00 bits per heavy atom. The molecule has 0 N–H and O–H groups in total. The van der Waals surface area contributed by atoms with Crippen LogP contribution in [0.25, 0.3) is 0 Å². The third-order valence-electron chi connectivity index (χ3n) is 4.46. The summed E-state index contributed by atoms with van der Waals surface area (Å²) in [6, 6.07) is 1.43. The topological polar surface area (TPSA) is 15.7 Å². The van der Waals surface area contributed by atoms with Gasteiger partial charge in [0.15, 0.2) is 0 Å². The molecule has 0 amide bonds. The number of hydrogen-bond acceptors (Lipinski definition) is 3. The van der Waals surface area contributed by atoms with Gasteiger partial charge < -0.3 is 4.74 Å². The van der Waals surface area contributed by atoms with Crippen molar-refractivity contribution in [3.05, 3.63) is 0 Å². The van der Waals surface area contributed by atoms with Crippen molar-refractivity contribution in [3.8, 4) is 0 Å². The summed E-state index contributed by atoms with van der Waals surface area (Å²) in [7, 11) is 0. The van der Waals surface area contributed by atoms with Crippen LogP contribution in [0.5, 0.6) is 0 Å². The zero-order valence-electron chi connectivity index (χ0n) is 11.9. The molecule has 2 aliphatic rings. The summed E-state index contributed by atoms with van der Waals surface area (Å²) in [6.07, 6.45) is 0. The standard InChI is InChI=1S/C14H28N2O/c1-11(2)13-9-16(12(3)4)10-14(13)15-5-7-17-8-6-15/h11-14H,5-10H2,1-4H3. The second kappa shape index (κ2) is 5.68. The van der Waals surface area contributed by atoms with E-state index in [0.29, 0.717) is 6.04 Å². The molecule has 0 aromatic carbocycles. The number of rotatable bonds is 3. The summed E-state index contributed by atoms with van der Waals surface area (Å²) in [6.45, 7) is 16.0. The molecule has 0 radical (unpaired) electrons. The molecule has 2 atom stereocenters. The van der Waals surface area contributed by atoms with Crippen molar-refractivity contribution < 1.29 is 4.74 Å². The first-order chi connectivity index (χ1) is 8.09. The number of likely N-dealkylation sites (tertiary alicyclic amines) is 1. The number of morpholine rings is 1. The Bertz CT molecular complexity index is 236. The average molecular weight is 240 g/mol. The highest BCUT2D eigenvalue weighted by Crippen LogP contribution is 2.29. The van der Waals surface area contributed by atoms with Crippen LogP contribution in [0, 0.1) is 11.8 Å². The van der Waals surface area contributed by atoms with Gasteiger partial charge in [-0.3, -0.25) is 9.80 Å². The lowest BCUT2D eigenvalue weighted by molar-refractivity contribution is 0.00628. The first-order valence-corrected chi connectivity index (χ1v) is 7.15. The van der Waals surface area contributed by atoms with Crippen molar-refractivity contribution in [2.75, 3.05) is 39.4 Å². The van der Waals surface area contributed by atoms with Crippen molar-refractivity contribution in [1.29, 1.82) is 0 Å². The van der Waals surface area contributed by atoms with E-state index in [0.717, 1.165) is 44.2 Å². The van der Waals surface area contributed by atoms with Gasteiger partial charge in [0.05, 0.1) is 13.2 Å². The Kier molecular flexibility index (Phi) is 4.45. The summed E-state index contributed by atoms with van der Waals surface area (Å²) in [5.74, 6) is 1.61. The normalized spacial score (nSPS) is 32.8. The summed E-state index contributed by atoms with van der Waals surface area (Å²) in [5, 5.41) is 0. The molecule has 0 bridgehead atoms. The third kappa shape index (κ3) is 3.01. The molecule has 3 nitrogen and oxygen atoms in total. The fourth-order valence-corrected chi connectivity index (χ4v) is 3.21. The van der Waals surface area contributed by atoms with Crippen molar-refractivity contribution in [2.24, 2.45) is 11.8 Å². The minimum absolute atomic E-state index is 0.683. The molecule has 2 saturated heterocycles. The Morgan fingerprint density at radius 2 is 1.65 bits per heavy atom. The highest BCUT2D eigenvalue weighted by atomic mass is 16.5. The van der Waals surface area contributed by atoms with Crippen LogP contribution in [0.2, 0.25) is 0 Å². The van der Waals surface area contributed by atoms with Crippen LogP contribution in [-0.2, 0) is 4.74 Å². The Balaban J connectivity index is 2.02. The second-order valence-corrected chi connectivity index (χ2v) is 6.17. The van der Waals surface area contributed by atoms with Gasteiger partial charge in [0.1, 0.15) is 0 Å². The van der Waals surface area contributed by atoms with Gasteiger partial charge in [0.25, 0.3) is 0 Å². The molecular formula is C14H28N2O. The quantitative estimate of drug-likeness (QED) is 0.746. The summed E-state index contributed by atoms with van der Waals surface area (Å²) in [5.41, 5.74) is 0. The molecule has 17 heavy (non-hydrogen) atoms. The van der Waals surface area contributed by atoms with E-state index < -0.39 is 0 Å². The van der Waals surface area contributed by atoms with Gasteiger partial charge in [-0.05, 0) is 25.7 Å². The summed E-state index contributed by atoms with van der Waals surface area (Å²) >= 11 is 0. The van der Waals surface area contributed by atoms with E-state index in [2.05, 4.69) is 37.5 Å². The van der Waals surface area contributed by atoms with Crippen LogP contribution in [0.1, 0.15) is 27.7 Å². The fraction of sp³-hybridized carbons (Fsp3) is 1.00. The van der Waals surface area contributed by atoms with Gasteiger partial charge in [-0.2, -0.15) is 0 Å². The fourth-order valence-electron chi connectivity index (χ4n) is 3.21. The Morgan fingerprint density at radius 3 is 2.18 bits per heavy atom. The first-order valence-electron chi connectivity index (χ1n) is 7.15. The van der Waals surface area contributed by atoms with Crippen LogP contribution in [0.3, 0.4) is 0 Å². The van der Waals surface area contributed by atoms with E-state index in [1.54, 1.807) is 0 Å². The van der Waals surface area contributed by atoms with Gasteiger partial charge in [0, 0.05) is 38.3 Å². The lowest BCUT2D eigenvalue weighted by Crippen LogP contribution is -2.48. The molecule has 0 saturated carbocycles. The molecule has 2 aliphatic heterocycles. The molecule has 100 valence electrons. The average Bonchev–Trinajstić information content (AvgIpc) is 2.75. The van der Waals surface area contributed by atoms with Crippen LogP contribution in [0.4, 0.5) is 0 Å². The summed E-state index contributed by atoms with van der Waals surface area (Å²) < 4.78 is 5.47. The molecule has 3 heteroatoms. The Labute approximate surface area is 106 Å². The number of hydrogen-bond donors (Lipinski definition) is 0. The molecule has 2 rings (SSSR count). The van der Waals surface area contributed by atoms with Crippen molar-refractivity contribution in [2.45, 2.75) is 39.8 Å². The zero-order valence-corrected chi connectivity index (χ0v) is 11.9. The number of ether oxygens (including phenoxy) is 1. The van der Waals surface area contributed by atoms with E-state index in [4.69, 9.17) is 4.74 Å². The van der Waals surface area contributed by atoms with Gasteiger partial charge in [0.2, 0.25) is 0 Å². The Hall–Kier alpha value is -0.120. The van der Waals surface area contributed by atoms with E-state index in [-0.39, 0.29) is 0 Å². The van der Waals surface area contributed by atoms with E-state index in [1.165, 1.54) is 13.1 Å². The smallest absolute Gasteiger partial charge is 0.0594 e. The highest BCUT2D eigenvalue weighted by molar-refractivity contribution is 4.93. The van der Waals surface area contributed by atoms with E-state index in [9.17, 15) is 0 Å². The SMILES string of the molecule is CC(C)C1CN(C(C)C)CC1N1CCOCC1. The molecule has 0 spiro atoms. The molecule has 0 aliphatic carbocycles. The lowest BCUT2D eigenvalue weighted by Gasteiger charge is -2.36. The van der Waals surface area contributed by atoms with Crippen LogP contribution < -0.4 is 0 Å². The molecule has 2 heterocycles. The third-order valence-corrected chi connectivity index (χ3v) is 4.46. The van der Waals surface area contributed by atoms with E-state index >= 15 is 0 Å². The van der Waals surface area contributed by atoms with Crippen molar-refractivity contribution in [3.63, 3.8) is 0 Å². The summed E-state index contributed by atoms with van der Waals surface area (Å²) in [4.78, 5) is 5.31. The van der Waals surface area contributed by atoms with E-state index in [1.807, 2.05) is 0 Å². The predicted molar refractivity (Wildman–Crippen MR) is 71.2 cm³/mol. The van der Waals surface area contributed by atoms with Gasteiger partial charge in [-0.25, -0.2) is 0 Å². The van der Waals surface area contributed by atoms with Crippen molar-refractivity contribution in [1.82, 2.24) is 9.80 Å².